The first-order chi connectivity index (χ1) is 12.6. The maximum atomic E-state index is 12.6. The number of carbonyl (C=O) groups is 1. The highest BCUT2D eigenvalue weighted by atomic mass is 35.5. The maximum absolute atomic E-state index is 12.6. The van der Waals surface area contributed by atoms with E-state index in [0.717, 1.165) is 31.2 Å². The molecule has 1 aromatic carbocycles. The van der Waals surface area contributed by atoms with Gasteiger partial charge in [0.15, 0.2) is 5.75 Å². The van der Waals surface area contributed by atoms with E-state index in [9.17, 15) is 26.4 Å². The largest absolute Gasteiger partial charge is 0.534 e. The van der Waals surface area contributed by atoms with E-state index in [-0.39, 0.29) is 16.9 Å². The highest BCUT2D eigenvalue weighted by Crippen LogP contribution is 2.55. The number of carbonyl (C=O) groups excluding carboxylic acids is 1. The molecule has 0 bridgehead atoms. The molecule has 0 heterocycles. The Hall–Kier alpha value is -1.28. The van der Waals surface area contributed by atoms with Gasteiger partial charge in [-0.1, -0.05) is 17.7 Å². The highest BCUT2D eigenvalue weighted by molar-refractivity contribution is 7.88. The summed E-state index contributed by atoms with van der Waals surface area (Å²) >= 11 is 6.24. The molecule has 3 aliphatic carbocycles. The maximum Gasteiger partial charge on any atom is 0.534 e. The first kappa shape index (κ1) is 19.1. The minimum Gasteiger partial charge on any atom is -0.374 e. The van der Waals surface area contributed by atoms with Gasteiger partial charge in [0.2, 0.25) is 0 Å². The summed E-state index contributed by atoms with van der Waals surface area (Å²) in [6, 6.07) is 2.84. The van der Waals surface area contributed by atoms with Gasteiger partial charge in [0.25, 0.3) is 0 Å². The standard InChI is InChI=1S/C18H18ClF3O4S/c19-17-14-4-2-9-10(1-3-13-11(9)5-7-15(13)23)12(14)6-8-16(17)26-27(24,25)18(20,21)22/h6,8-11,13H,1-5,7H2. The summed E-state index contributed by atoms with van der Waals surface area (Å²) in [7, 11) is -5.76. The number of hydrogen-bond acceptors (Lipinski definition) is 4. The summed E-state index contributed by atoms with van der Waals surface area (Å²) in [6.45, 7) is 0. The molecule has 4 rings (SSSR count). The number of Topliss-reactive ketones (excluding diaryl/α,β-unsaturated/α-hetero) is 1. The molecule has 0 spiro atoms. The van der Waals surface area contributed by atoms with Crippen molar-refractivity contribution in [1.29, 1.82) is 0 Å². The van der Waals surface area contributed by atoms with Crippen LogP contribution in [-0.2, 0) is 21.3 Å². The van der Waals surface area contributed by atoms with E-state index in [2.05, 4.69) is 4.18 Å². The van der Waals surface area contributed by atoms with Crippen LogP contribution >= 0.6 is 11.6 Å². The van der Waals surface area contributed by atoms with Gasteiger partial charge in [0, 0.05) is 12.3 Å². The smallest absolute Gasteiger partial charge is 0.374 e. The predicted molar refractivity (Wildman–Crippen MR) is 92.1 cm³/mol. The van der Waals surface area contributed by atoms with Crippen LogP contribution in [0.25, 0.3) is 0 Å². The molecule has 1 aromatic rings. The van der Waals surface area contributed by atoms with E-state index in [1.807, 2.05) is 0 Å². The van der Waals surface area contributed by atoms with Crippen molar-refractivity contribution in [3.8, 4) is 5.75 Å². The van der Waals surface area contributed by atoms with E-state index in [4.69, 9.17) is 11.6 Å². The van der Waals surface area contributed by atoms with Crippen molar-refractivity contribution in [1.82, 2.24) is 0 Å². The van der Waals surface area contributed by atoms with Gasteiger partial charge in [0.1, 0.15) is 5.78 Å². The molecule has 148 valence electrons. The Kier molecular flexibility index (Phi) is 4.50. The molecule has 3 aliphatic rings. The lowest BCUT2D eigenvalue weighted by Gasteiger charge is -2.43. The molecule has 0 saturated heterocycles. The van der Waals surface area contributed by atoms with Gasteiger partial charge in [-0.05, 0) is 67.1 Å². The second-order valence-electron chi connectivity index (χ2n) is 7.59. The van der Waals surface area contributed by atoms with Gasteiger partial charge in [-0.3, -0.25) is 4.79 Å². The molecule has 0 aliphatic heterocycles. The number of hydrogen-bond donors (Lipinski definition) is 0. The monoisotopic (exact) mass is 422 g/mol. The Labute approximate surface area is 160 Å². The van der Waals surface area contributed by atoms with Crippen LogP contribution in [0.3, 0.4) is 0 Å². The van der Waals surface area contributed by atoms with E-state index >= 15 is 0 Å². The summed E-state index contributed by atoms with van der Waals surface area (Å²) in [4.78, 5) is 12.1. The van der Waals surface area contributed by atoms with E-state index in [1.165, 1.54) is 6.07 Å². The zero-order valence-electron chi connectivity index (χ0n) is 14.3. The zero-order valence-corrected chi connectivity index (χ0v) is 15.8. The Morgan fingerprint density at radius 2 is 1.63 bits per heavy atom. The molecule has 0 aromatic heterocycles. The van der Waals surface area contributed by atoms with Crippen molar-refractivity contribution in [3.63, 3.8) is 0 Å². The summed E-state index contributed by atoms with van der Waals surface area (Å²) in [5.41, 5.74) is -3.90. The normalized spacial score (nSPS) is 30.4. The molecular weight excluding hydrogens is 405 g/mol. The SMILES string of the molecule is O=C1CCC2C1CCC1c3ccc(OS(=O)(=O)C(F)(F)F)c(Cl)c3CCC12. The van der Waals surface area contributed by atoms with Crippen LogP contribution in [0, 0.1) is 17.8 Å². The summed E-state index contributed by atoms with van der Waals surface area (Å²) in [5, 5.41) is -0.0663. The van der Waals surface area contributed by atoms with Crippen LogP contribution in [-0.4, -0.2) is 19.7 Å². The van der Waals surface area contributed by atoms with Crippen LogP contribution in [0.4, 0.5) is 13.2 Å². The Morgan fingerprint density at radius 3 is 2.33 bits per heavy atom. The van der Waals surface area contributed by atoms with Gasteiger partial charge in [-0.25, -0.2) is 0 Å². The molecule has 2 saturated carbocycles. The first-order valence-corrected chi connectivity index (χ1v) is 10.7. The lowest BCUT2D eigenvalue weighted by atomic mass is 9.61. The molecule has 4 nitrogen and oxygen atoms in total. The van der Waals surface area contributed by atoms with Crippen molar-refractivity contribution >= 4 is 27.5 Å². The second-order valence-corrected chi connectivity index (χ2v) is 9.51. The number of ketones is 1. The van der Waals surface area contributed by atoms with Crippen molar-refractivity contribution in [3.05, 3.63) is 28.3 Å². The van der Waals surface area contributed by atoms with Crippen molar-refractivity contribution in [2.24, 2.45) is 17.8 Å². The first-order valence-electron chi connectivity index (χ1n) is 8.95. The van der Waals surface area contributed by atoms with Crippen LogP contribution in [0.5, 0.6) is 5.75 Å². The molecule has 0 amide bonds. The molecule has 0 N–H and O–H groups in total. The lowest BCUT2D eigenvalue weighted by Crippen LogP contribution is -2.35. The number of fused-ring (bicyclic) bond motifs is 5. The predicted octanol–water partition coefficient (Wildman–Crippen LogP) is 4.60. The highest BCUT2D eigenvalue weighted by Gasteiger charge is 2.50. The summed E-state index contributed by atoms with van der Waals surface area (Å²) < 4.78 is 64.6. The van der Waals surface area contributed by atoms with E-state index in [0.29, 0.717) is 36.0 Å². The van der Waals surface area contributed by atoms with Crippen molar-refractivity contribution < 1.29 is 30.6 Å². The number of benzene rings is 1. The molecule has 9 heteroatoms. The number of halogens is 4. The van der Waals surface area contributed by atoms with Crippen LogP contribution in [0.2, 0.25) is 5.02 Å². The summed E-state index contributed by atoms with van der Waals surface area (Å²) in [6.07, 6.45) is 4.52. The minimum atomic E-state index is -5.76. The fourth-order valence-electron chi connectivity index (χ4n) is 5.25. The van der Waals surface area contributed by atoms with Crippen LogP contribution in [0.15, 0.2) is 12.1 Å². The quantitative estimate of drug-likeness (QED) is 0.516. The topological polar surface area (TPSA) is 60.4 Å². The molecular formula is C18H18ClF3O4S. The molecule has 0 radical (unpaired) electrons. The van der Waals surface area contributed by atoms with Crippen LogP contribution in [0.1, 0.15) is 49.1 Å². The van der Waals surface area contributed by atoms with Gasteiger partial charge in [-0.2, -0.15) is 21.6 Å². The van der Waals surface area contributed by atoms with Gasteiger partial charge in [-0.15, -0.1) is 0 Å². The third-order valence-electron chi connectivity index (χ3n) is 6.36. The average Bonchev–Trinajstić information content (AvgIpc) is 2.97. The third kappa shape index (κ3) is 3.05. The zero-order chi connectivity index (χ0) is 19.6. The molecule has 4 unspecified atom stereocenters. The fourth-order valence-corrected chi connectivity index (χ4v) is 6.07. The lowest BCUT2D eigenvalue weighted by molar-refractivity contribution is -0.122. The minimum absolute atomic E-state index is 0.0663. The second kappa shape index (κ2) is 6.37. The van der Waals surface area contributed by atoms with Crippen molar-refractivity contribution in [2.45, 2.75) is 50.0 Å². The van der Waals surface area contributed by atoms with Gasteiger partial charge in [0.05, 0.1) is 5.02 Å². The summed E-state index contributed by atoms with van der Waals surface area (Å²) in [5.74, 6) is 0.933. The van der Waals surface area contributed by atoms with E-state index < -0.39 is 21.4 Å². The fraction of sp³-hybridized carbons (Fsp3) is 0.611. The molecule has 4 atom stereocenters. The Morgan fingerprint density at radius 1 is 1.00 bits per heavy atom. The van der Waals surface area contributed by atoms with Gasteiger partial charge < -0.3 is 4.18 Å². The third-order valence-corrected chi connectivity index (χ3v) is 7.74. The molecule has 27 heavy (non-hydrogen) atoms. The average molecular weight is 423 g/mol. The van der Waals surface area contributed by atoms with Gasteiger partial charge >= 0.3 is 15.6 Å². The molecule has 2 fully saturated rings. The Balaban J connectivity index is 1.65. The number of rotatable bonds is 2. The Bertz CT molecular complexity index is 897. The van der Waals surface area contributed by atoms with Crippen LogP contribution < -0.4 is 4.18 Å². The van der Waals surface area contributed by atoms with E-state index in [1.54, 1.807) is 6.07 Å². The van der Waals surface area contributed by atoms with Crippen molar-refractivity contribution in [2.75, 3.05) is 0 Å². The number of alkyl halides is 3.